The SMILES string of the molecule is Nc1ncccc1C(=O)C1(N)CCCC1. The van der Waals surface area contributed by atoms with E-state index in [1.807, 2.05) is 0 Å². The molecule has 1 aliphatic carbocycles. The molecule has 4 N–H and O–H groups in total. The summed E-state index contributed by atoms with van der Waals surface area (Å²) >= 11 is 0. The van der Waals surface area contributed by atoms with Gasteiger partial charge in [0.25, 0.3) is 0 Å². The monoisotopic (exact) mass is 205 g/mol. The zero-order valence-electron chi connectivity index (χ0n) is 8.57. The first kappa shape index (κ1) is 10.1. The number of anilines is 1. The van der Waals surface area contributed by atoms with Crippen molar-refractivity contribution in [2.75, 3.05) is 5.73 Å². The molecule has 0 saturated heterocycles. The van der Waals surface area contributed by atoms with Gasteiger partial charge in [0.05, 0.1) is 11.1 Å². The number of carbonyl (C=O) groups is 1. The van der Waals surface area contributed by atoms with Crippen LogP contribution in [-0.4, -0.2) is 16.3 Å². The summed E-state index contributed by atoms with van der Waals surface area (Å²) in [4.78, 5) is 16.0. The second-order valence-corrected chi connectivity index (χ2v) is 4.13. The fourth-order valence-electron chi connectivity index (χ4n) is 2.11. The molecule has 0 radical (unpaired) electrons. The molecule has 0 unspecified atom stereocenters. The lowest BCUT2D eigenvalue weighted by atomic mass is 9.89. The first-order valence-electron chi connectivity index (χ1n) is 5.18. The first-order valence-corrected chi connectivity index (χ1v) is 5.18. The Hall–Kier alpha value is -1.42. The number of hydrogen-bond acceptors (Lipinski definition) is 4. The topological polar surface area (TPSA) is 82.0 Å². The van der Waals surface area contributed by atoms with Crippen LogP contribution in [0.1, 0.15) is 36.0 Å². The number of hydrogen-bond donors (Lipinski definition) is 2. The maximum atomic E-state index is 12.1. The third-order valence-electron chi connectivity index (χ3n) is 3.03. The summed E-state index contributed by atoms with van der Waals surface area (Å²) in [6.45, 7) is 0. The molecule has 15 heavy (non-hydrogen) atoms. The van der Waals surface area contributed by atoms with Gasteiger partial charge in [0.2, 0.25) is 0 Å². The van der Waals surface area contributed by atoms with Gasteiger partial charge in [-0.2, -0.15) is 0 Å². The van der Waals surface area contributed by atoms with Crippen molar-refractivity contribution in [2.45, 2.75) is 31.2 Å². The number of carbonyl (C=O) groups excluding carboxylic acids is 1. The Morgan fingerprint density at radius 1 is 1.40 bits per heavy atom. The van der Waals surface area contributed by atoms with Gasteiger partial charge in [-0.25, -0.2) is 4.98 Å². The van der Waals surface area contributed by atoms with E-state index in [1.54, 1.807) is 18.3 Å². The van der Waals surface area contributed by atoms with Crippen molar-refractivity contribution in [3.8, 4) is 0 Å². The van der Waals surface area contributed by atoms with Crippen molar-refractivity contribution in [1.82, 2.24) is 4.98 Å². The second-order valence-electron chi connectivity index (χ2n) is 4.13. The number of nitrogen functional groups attached to an aromatic ring is 1. The van der Waals surface area contributed by atoms with Crippen LogP contribution in [0.2, 0.25) is 0 Å². The highest BCUT2D eigenvalue weighted by Gasteiger charge is 2.38. The molecule has 0 atom stereocenters. The summed E-state index contributed by atoms with van der Waals surface area (Å²) in [6.07, 6.45) is 5.11. The maximum Gasteiger partial charge on any atom is 0.186 e. The minimum absolute atomic E-state index is 0.0643. The minimum atomic E-state index is -0.711. The summed E-state index contributed by atoms with van der Waals surface area (Å²) in [5.74, 6) is 0.213. The van der Waals surface area contributed by atoms with E-state index in [0.717, 1.165) is 25.7 Å². The number of ketones is 1. The van der Waals surface area contributed by atoms with Gasteiger partial charge >= 0.3 is 0 Å². The van der Waals surface area contributed by atoms with Crippen LogP contribution in [0, 0.1) is 0 Å². The standard InChI is InChI=1S/C11H15N3O/c12-10-8(4-3-7-14-10)9(15)11(13)5-1-2-6-11/h3-4,7H,1-2,5-6,13H2,(H2,12,14). The quantitative estimate of drug-likeness (QED) is 0.709. The second kappa shape index (κ2) is 3.62. The molecular weight excluding hydrogens is 190 g/mol. The van der Waals surface area contributed by atoms with Gasteiger partial charge in [0.1, 0.15) is 5.82 Å². The number of pyridine rings is 1. The Balaban J connectivity index is 2.32. The maximum absolute atomic E-state index is 12.1. The molecule has 1 fully saturated rings. The molecular formula is C11H15N3O. The number of aromatic nitrogens is 1. The van der Waals surface area contributed by atoms with Gasteiger partial charge in [0, 0.05) is 6.20 Å². The van der Waals surface area contributed by atoms with Gasteiger partial charge < -0.3 is 11.5 Å². The summed E-state index contributed by atoms with van der Waals surface area (Å²) in [7, 11) is 0. The van der Waals surface area contributed by atoms with Crippen LogP contribution in [0.15, 0.2) is 18.3 Å². The van der Waals surface area contributed by atoms with E-state index < -0.39 is 5.54 Å². The molecule has 1 heterocycles. The molecule has 1 aromatic heterocycles. The predicted octanol–water partition coefficient (Wildman–Crippen LogP) is 1.12. The summed E-state index contributed by atoms with van der Waals surface area (Å²) in [5.41, 5.74) is 11.5. The van der Waals surface area contributed by atoms with Crippen molar-refractivity contribution in [2.24, 2.45) is 5.73 Å². The van der Waals surface area contributed by atoms with Crippen molar-refractivity contribution in [3.05, 3.63) is 23.9 Å². The van der Waals surface area contributed by atoms with E-state index in [-0.39, 0.29) is 11.6 Å². The number of nitrogens with two attached hydrogens (primary N) is 2. The van der Waals surface area contributed by atoms with E-state index in [1.165, 1.54) is 0 Å². The third kappa shape index (κ3) is 1.72. The molecule has 4 heteroatoms. The third-order valence-corrected chi connectivity index (χ3v) is 3.03. The van der Waals surface area contributed by atoms with Gasteiger partial charge in [0.15, 0.2) is 5.78 Å². The van der Waals surface area contributed by atoms with Crippen molar-refractivity contribution < 1.29 is 4.79 Å². The van der Waals surface area contributed by atoms with Crippen LogP contribution < -0.4 is 11.5 Å². The van der Waals surface area contributed by atoms with E-state index in [0.29, 0.717) is 5.56 Å². The molecule has 4 nitrogen and oxygen atoms in total. The Labute approximate surface area is 88.7 Å². The van der Waals surface area contributed by atoms with Gasteiger partial charge in [-0.1, -0.05) is 12.8 Å². The molecule has 1 aliphatic rings. The van der Waals surface area contributed by atoms with Gasteiger partial charge in [-0.15, -0.1) is 0 Å². The van der Waals surface area contributed by atoms with Crippen molar-refractivity contribution >= 4 is 11.6 Å². The highest BCUT2D eigenvalue weighted by atomic mass is 16.1. The van der Waals surface area contributed by atoms with E-state index in [4.69, 9.17) is 11.5 Å². The average molecular weight is 205 g/mol. The smallest absolute Gasteiger partial charge is 0.186 e. The lowest BCUT2D eigenvalue weighted by molar-refractivity contribution is 0.0892. The largest absolute Gasteiger partial charge is 0.383 e. The number of rotatable bonds is 2. The van der Waals surface area contributed by atoms with Crippen LogP contribution in [0.5, 0.6) is 0 Å². The fraction of sp³-hybridized carbons (Fsp3) is 0.455. The van der Waals surface area contributed by atoms with Crippen LogP contribution in [-0.2, 0) is 0 Å². The molecule has 0 bridgehead atoms. The van der Waals surface area contributed by atoms with Gasteiger partial charge in [-0.05, 0) is 25.0 Å². The molecule has 2 rings (SSSR count). The highest BCUT2D eigenvalue weighted by Crippen LogP contribution is 2.31. The fourth-order valence-corrected chi connectivity index (χ4v) is 2.11. The zero-order valence-corrected chi connectivity index (χ0v) is 8.57. The lowest BCUT2D eigenvalue weighted by Gasteiger charge is -2.21. The average Bonchev–Trinajstić information content (AvgIpc) is 2.66. The van der Waals surface area contributed by atoms with E-state index in [2.05, 4.69) is 4.98 Å². The Morgan fingerprint density at radius 2 is 2.07 bits per heavy atom. The minimum Gasteiger partial charge on any atom is -0.383 e. The Bertz CT molecular complexity index is 383. The molecule has 0 aromatic carbocycles. The Morgan fingerprint density at radius 3 is 2.67 bits per heavy atom. The first-order chi connectivity index (χ1) is 7.13. The summed E-state index contributed by atoms with van der Waals surface area (Å²) in [5, 5.41) is 0. The van der Waals surface area contributed by atoms with E-state index in [9.17, 15) is 4.79 Å². The van der Waals surface area contributed by atoms with Crippen molar-refractivity contribution in [3.63, 3.8) is 0 Å². The van der Waals surface area contributed by atoms with Gasteiger partial charge in [-0.3, -0.25) is 4.79 Å². The molecule has 0 aliphatic heterocycles. The molecule has 0 amide bonds. The molecule has 1 aromatic rings. The predicted molar refractivity (Wildman–Crippen MR) is 58.4 cm³/mol. The van der Waals surface area contributed by atoms with E-state index >= 15 is 0 Å². The number of Topliss-reactive ketones (excluding diaryl/α,β-unsaturated/α-hetero) is 1. The van der Waals surface area contributed by atoms with Crippen molar-refractivity contribution in [1.29, 1.82) is 0 Å². The number of nitrogens with zero attached hydrogens (tertiary/aromatic N) is 1. The van der Waals surface area contributed by atoms with Crippen LogP contribution in [0.4, 0.5) is 5.82 Å². The summed E-state index contributed by atoms with van der Waals surface area (Å²) in [6, 6.07) is 3.40. The lowest BCUT2D eigenvalue weighted by Crippen LogP contribution is -2.45. The molecule has 0 spiro atoms. The highest BCUT2D eigenvalue weighted by molar-refractivity contribution is 6.06. The van der Waals surface area contributed by atoms with Crippen LogP contribution in [0.3, 0.4) is 0 Å². The van der Waals surface area contributed by atoms with Crippen LogP contribution >= 0.6 is 0 Å². The molecule has 1 saturated carbocycles. The van der Waals surface area contributed by atoms with Crippen LogP contribution in [0.25, 0.3) is 0 Å². The molecule has 80 valence electrons. The Kier molecular flexibility index (Phi) is 2.44. The summed E-state index contributed by atoms with van der Waals surface area (Å²) < 4.78 is 0. The zero-order chi connectivity index (χ0) is 10.9. The normalized spacial score (nSPS) is 19.0.